The van der Waals surface area contributed by atoms with E-state index in [9.17, 15) is 4.79 Å². The van der Waals surface area contributed by atoms with Gasteiger partial charge in [0.2, 0.25) is 0 Å². The Labute approximate surface area is 115 Å². The summed E-state index contributed by atoms with van der Waals surface area (Å²) in [6, 6.07) is 0. The van der Waals surface area contributed by atoms with Crippen molar-refractivity contribution in [3.05, 3.63) is 0 Å². The molecule has 3 nitrogen and oxygen atoms in total. The number of carbonyl (C=O) groups is 1. The number of unbranched alkanes of at least 4 members (excludes halogenated alkanes) is 8. The van der Waals surface area contributed by atoms with Gasteiger partial charge in [-0.05, 0) is 24.6 Å². The molecule has 0 amide bonds. The summed E-state index contributed by atoms with van der Waals surface area (Å²) in [6.45, 7) is 2.03. The first kappa shape index (κ1) is 17.3. The van der Waals surface area contributed by atoms with Crippen LogP contribution in [0.4, 0.5) is 0 Å². The minimum Gasteiger partial charge on any atom is -0.466 e. The molecule has 0 fully saturated rings. The summed E-state index contributed by atoms with van der Waals surface area (Å²) < 4.78 is 4.87. The lowest BCUT2D eigenvalue weighted by Crippen LogP contribution is -2.00. The minimum atomic E-state index is -0.176. The van der Waals surface area contributed by atoms with Gasteiger partial charge in [0.05, 0.1) is 6.61 Å². The Morgan fingerprint density at radius 1 is 1.00 bits per heavy atom. The molecule has 0 aromatic rings. The highest BCUT2D eigenvalue weighted by molar-refractivity contribution is 8.03. The summed E-state index contributed by atoms with van der Waals surface area (Å²) >= 11 is 1.36. The molecule has 0 N–H and O–H groups in total. The fourth-order valence-corrected chi connectivity index (χ4v) is 2.22. The summed E-state index contributed by atoms with van der Waals surface area (Å²) in [6.07, 6.45) is 11.0. The molecule has 0 aliphatic carbocycles. The topological polar surface area (TPSA) is 50.1 Å². The van der Waals surface area contributed by atoms with Gasteiger partial charge in [-0.1, -0.05) is 44.9 Å². The third-order valence-corrected chi connectivity index (χ3v) is 3.38. The van der Waals surface area contributed by atoms with Crippen LogP contribution in [0, 0.1) is 10.7 Å². The van der Waals surface area contributed by atoms with Crippen molar-refractivity contribution in [3.8, 4) is 5.40 Å². The maximum atomic E-state index is 10.5. The van der Waals surface area contributed by atoms with Crippen LogP contribution in [0.15, 0.2) is 0 Å². The Bertz CT molecular complexity index is 238. The number of esters is 1. The van der Waals surface area contributed by atoms with E-state index >= 15 is 0 Å². The molecular formula is C14H25NO2S. The first-order chi connectivity index (χ1) is 8.77. The monoisotopic (exact) mass is 271 g/mol. The normalized spacial score (nSPS) is 10.0. The predicted octanol–water partition coefficient (Wildman–Crippen LogP) is 4.27. The first-order valence-corrected chi connectivity index (χ1v) is 7.90. The third-order valence-electron chi connectivity index (χ3n) is 2.76. The van der Waals surface area contributed by atoms with Gasteiger partial charge in [-0.25, -0.2) is 0 Å². The molecule has 0 aromatic heterocycles. The van der Waals surface area contributed by atoms with E-state index in [1.165, 1.54) is 63.6 Å². The lowest BCUT2D eigenvalue weighted by molar-refractivity contribution is -0.141. The number of hydrogen-bond acceptors (Lipinski definition) is 4. The smallest absolute Gasteiger partial charge is 0.302 e. The van der Waals surface area contributed by atoms with Gasteiger partial charge in [0.15, 0.2) is 0 Å². The highest BCUT2D eigenvalue weighted by Gasteiger charge is 1.95. The maximum absolute atomic E-state index is 10.5. The second kappa shape index (κ2) is 14.4. The zero-order chi connectivity index (χ0) is 13.5. The number of thioether (sulfide) groups is 1. The van der Waals surface area contributed by atoms with Gasteiger partial charge < -0.3 is 4.74 Å². The fraction of sp³-hybridized carbons (Fsp3) is 0.857. The molecule has 104 valence electrons. The van der Waals surface area contributed by atoms with Crippen molar-refractivity contribution < 1.29 is 9.53 Å². The molecule has 0 radical (unpaired) electrons. The van der Waals surface area contributed by atoms with Crippen molar-refractivity contribution in [2.24, 2.45) is 0 Å². The van der Waals surface area contributed by atoms with Gasteiger partial charge in [0, 0.05) is 12.7 Å². The average Bonchev–Trinajstić information content (AvgIpc) is 2.34. The van der Waals surface area contributed by atoms with E-state index < -0.39 is 0 Å². The zero-order valence-corrected chi connectivity index (χ0v) is 12.3. The summed E-state index contributed by atoms with van der Waals surface area (Å²) in [5, 5.41) is 10.4. The van der Waals surface area contributed by atoms with Crippen LogP contribution in [-0.2, 0) is 9.53 Å². The molecule has 0 saturated heterocycles. The lowest BCUT2D eigenvalue weighted by Gasteiger charge is -2.03. The molecule has 0 aliphatic rings. The van der Waals surface area contributed by atoms with Crippen LogP contribution in [0.25, 0.3) is 0 Å². The number of hydrogen-bond donors (Lipinski definition) is 0. The van der Waals surface area contributed by atoms with Crippen molar-refractivity contribution in [1.29, 1.82) is 5.26 Å². The molecular weight excluding hydrogens is 246 g/mol. The zero-order valence-electron chi connectivity index (χ0n) is 11.5. The maximum Gasteiger partial charge on any atom is 0.302 e. The van der Waals surface area contributed by atoms with Crippen molar-refractivity contribution in [2.45, 2.75) is 64.7 Å². The van der Waals surface area contributed by atoms with E-state index in [-0.39, 0.29) is 5.97 Å². The fourth-order valence-electron chi connectivity index (χ4n) is 1.78. The van der Waals surface area contributed by atoms with Crippen LogP contribution < -0.4 is 0 Å². The summed E-state index contributed by atoms with van der Waals surface area (Å²) in [7, 11) is 0. The van der Waals surface area contributed by atoms with Gasteiger partial charge in [-0.2, -0.15) is 5.26 Å². The van der Waals surface area contributed by atoms with E-state index in [4.69, 9.17) is 10.00 Å². The van der Waals surface area contributed by atoms with Gasteiger partial charge in [0.1, 0.15) is 5.40 Å². The summed E-state index contributed by atoms with van der Waals surface area (Å²) in [5.74, 6) is 0.802. The van der Waals surface area contributed by atoms with Crippen molar-refractivity contribution >= 4 is 17.7 Å². The highest BCUT2D eigenvalue weighted by atomic mass is 32.2. The van der Waals surface area contributed by atoms with Crippen LogP contribution in [0.2, 0.25) is 0 Å². The minimum absolute atomic E-state index is 0.176. The first-order valence-electron chi connectivity index (χ1n) is 6.91. The molecule has 0 rings (SSSR count). The number of ether oxygens (including phenoxy) is 1. The predicted molar refractivity (Wildman–Crippen MR) is 76.3 cm³/mol. The lowest BCUT2D eigenvalue weighted by atomic mass is 10.1. The van der Waals surface area contributed by atoms with Crippen LogP contribution in [-0.4, -0.2) is 18.3 Å². The van der Waals surface area contributed by atoms with E-state index in [1.807, 2.05) is 0 Å². The number of rotatable bonds is 12. The van der Waals surface area contributed by atoms with Crippen LogP contribution in [0.5, 0.6) is 0 Å². The quantitative estimate of drug-likeness (QED) is 0.302. The molecule has 18 heavy (non-hydrogen) atoms. The van der Waals surface area contributed by atoms with Gasteiger partial charge in [0.25, 0.3) is 0 Å². The SMILES string of the molecule is CC(=O)OCCCCCCCCCCCSC#N. The summed E-state index contributed by atoms with van der Waals surface area (Å²) in [5.41, 5.74) is 0. The number of thiocyanates is 1. The molecule has 0 aliphatic heterocycles. The van der Waals surface area contributed by atoms with Crippen molar-refractivity contribution in [2.75, 3.05) is 12.4 Å². The molecule has 0 saturated carbocycles. The molecule has 4 heteroatoms. The van der Waals surface area contributed by atoms with Crippen LogP contribution >= 0.6 is 11.8 Å². The van der Waals surface area contributed by atoms with Gasteiger partial charge in [-0.15, -0.1) is 0 Å². The van der Waals surface area contributed by atoms with Gasteiger partial charge in [-0.3, -0.25) is 4.79 Å². The molecule has 0 atom stereocenters. The molecule has 0 unspecified atom stereocenters. The molecule has 0 bridgehead atoms. The van der Waals surface area contributed by atoms with Crippen molar-refractivity contribution in [1.82, 2.24) is 0 Å². The molecule has 0 spiro atoms. The Morgan fingerprint density at radius 3 is 2.00 bits per heavy atom. The number of nitriles is 1. The van der Waals surface area contributed by atoms with Gasteiger partial charge >= 0.3 is 5.97 Å². The largest absolute Gasteiger partial charge is 0.466 e. The van der Waals surface area contributed by atoms with Crippen LogP contribution in [0.1, 0.15) is 64.7 Å². The Hall–Kier alpha value is -0.690. The van der Waals surface area contributed by atoms with E-state index in [1.54, 1.807) is 0 Å². The second-order valence-electron chi connectivity index (χ2n) is 4.46. The van der Waals surface area contributed by atoms with Crippen LogP contribution in [0.3, 0.4) is 0 Å². The average molecular weight is 271 g/mol. The second-order valence-corrected chi connectivity index (χ2v) is 5.34. The molecule has 0 aromatic carbocycles. The summed E-state index contributed by atoms with van der Waals surface area (Å²) in [4.78, 5) is 10.5. The Morgan fingerprint density at radius 2 is 1.50 bits per heavy atom. The third kappa shape index (κ3) is 15.3. The number of carbonyl (C=O) groups excluding carboxylic acids is 1. The highest BCUT2D eigenvalue weighted by Crippen LogP contribution is 2.11. The van der Waals surface area contributed by atoms with E-state index in [0.29, 0.717) is 6.61 Å². The number of nitrogens with zero attached hydrogens (tertiary/aromatic N) is 1. The molecule has 0 heterocycles. The van der Waals surface area contributed by atoms with E-state index in [2.05, 4.69) is 5.40 Å². The Balaban J connectivity index is 2.95. The standard InChI is InChI=1S/C14H25NO2S/c1-14(16)17-11-9-7-5-3-2-4-6-8-10-12-18-13-15/h2-12H2,1H3. The van der Waals surface area contributed by atoms with Crippen molar-refractivity contribution in [3.63, 3.8) is 0 Å². The Kier molecular flexibility index (Phi) is 13.8. The van der Waals surface area contributed by atoms with E-state index in [0.717, 1.165) is 18.6 Å².